The van der Waals surface area contributed by atoms with Crippen molar-refractivity contribution < 1.29 is 17.9 Å². The molecule has 3 aromatic carbocycles. The molecule has 0 aliphatic carbocycles. The molecule has 1 heterocycles. The molecule has 0 saturated carbocycles. The van der Waals surface area contributed by atoms with Crippen molar-refractivity contribution in [3.63, 3.8) is 0 Å². The summed E-state index contributed by atoms with van der Waals surface area (Å²) in [5.74, 6) is -1.22. The average Bonchev–Trinajstić information content (AvgIpc) is 3.22. The van der Waals surface area contributed by atoms with E-state index < -0.39 is 17.7 Å². The lowest BCUT2D eigenvalue weighted by Gasteiger charge is -2.19. The Morgan fingerprint density at radius 1 is 0.871 bits per heavy atom. The lowest BCUT2D eigenvalue weighted by Crippen LogP contribution is -2.22. The Kier molecular flexibility index (Phi) is 6.05. The number of thiophene rings is 1. The van der Waals surface area contributed by atoms with E-state index in [1.807, 2.05) is 25.1 Å². The standard InChI is InChI=1S/C26H23F3OS/c1-3-5-18-6-10-19(11-7-18)23-16-20-12-15-22(24(27)25(20)31-23)30-26(28,29)21-13-8-17(4-2)9-14-21/h6-16H,3-5H2,1-2H3. The number of halogens is 3. The highest BCUT2D eigenvalue weighted by atomic mass is 32.1. The van der Waals surface area contributed by atoms with Crippen molar-refractivity contribution in [1.82, 2.24) is 0 Å². The number of benzene rings is 3. The van der Waals surface area contributed by atoms with Gasteiger partial charge < -0.3 is 4.74 Å². The van der Waals surface area contributed by atoms with Crippen molar-refractivity contribution in [3.8, 4) is 16.2 Å². The summed E-state index contributed by atoms with van der Waals surface area (Å²) >= 11 is 1.24. The van der Waals surface area contributed by atoms with Gasteiger partial charge in [-0.2, -0.15) is 8.78 Å². The maximum Gasteiger partial charge on any atom is 0.426 e. The average molecular weight is 441 g/mol. The maximum atomic E-state index is 15.1. The third kappa shape index (κ3) is 4.47. The Balaban J connectivity index is 1.63. The van der Waals surface area contributed by atoms with Crippen molar-refractivity contribution in [1.29, 1.82) is 0 Å². The maximum absolute atomic E-state index is 15.1. The molecule has 1 nitrogen and oxygen atoms in total. The molecule has 4 aromatic rings. The molecule has 0 aliphatic heterocycles. The van der Waals surface area contributed by atoms with Gasteiger partial charge in [-0.05, 0) is 65.3 Å². The molecule has 31 heavy (non-hydrogen) atoms. The number of alkyl halides is 2. The van der Waals surface area contributed by atoms with E-state index in [4.69, 9.17) is 4.74 Å². The fourth-order valence-corrected chi connectivity index (χ4v) is 4.62. The van der Waals surface area contributed by atoms with Crippen molar-refractivity contribution >= 4 is 21.4 Å². The van der Waals surface area contributed by atoms with Crippen molar-refractivity contribution in [2.24, 2.45) is 0 Å². The van der Waals surface area contributed by atoms with E-state index in [1.165, 1.54) is 35.1 Å². The van der Waals surface area contributed by atoms with Gasteiger partial charge in [0.1, 0.15) is 0 Å². The first kappa shape index (κ1) is 21.4. The molecular formula is C26H23F3OS. The number of ether oxygens (including phenoxy) is 1. The van der Waals surface area contributed by atoms with Crippen LogP contribution < -0.4 is 4.74 Å². The van der Waals surface area contributed by atoms with Crippen LogP contribution in [0.25, 0.3) is 20.5 Å². The Labute approximate surface area is 184 Å². The van der Waals surface area contributed by atoms with Gasteiger partial charge in [0.25, 0.3) is 0 Å². The molecule has 0 unspecified atom stereocenters. The molecule has 0 bridgehead atoms. The summed E-state index contributed by atoms with van der Waals surface area (Å²) in [5.41, 5.74) is 2.87. The summed E-state index contributed by atoms with van der Waals surface area (Å²) in [7, 11) is 0. The lowest BCUT2D eigenvalue weighted by molar-refractivity contribution is -0.186. The van der Waals surface area contributed by atoms with Gasteiger partial charge in [0.05, 0.1) is 10.3 Å². The highest BCUT2D eigenvalue weighted by Crippen LogP contribution is 2.40. The predicted molar refractivity (Wildman–Crippen MR) is 122 cm³/mol. The van der Waals surface area contributed by atoms with E-state index in [0.717, 1.165) is 35.3 Å². The zero-order chi connectivity index (χ0) is 22.0. The minimum Gasteiger partial charge on any atom is -0.426 e. The second kappa shape index (κ2) is 8.75. The minimum absolute atomic E-state index is 0.303. The molecule has 0 N–H and O–H groups in total. The van der Waals surface area contributed by atoms with Gasteiger partial charge in [-0.3, -0.25) is 0 Å². The first-order valence-corrected chi connectivity index (χ1v) is 11.2. The summed E-state index contributed by atoms with van der Waals surface area (Å²) < 4.78 is 49.5. The normalized spacial score (nSPS) is 11.8. The quantitative estimate of drug-likeness (QED) is 0.281. The van der Waals surface area contributed by atoms with Gasteiger partial charge >= 0.3 is 6.11 Å². The molecule has 160 valence electrons. The lowest BCUT2D eigenvalue weighted by atomic mass is 10.1. The largest absolute Gasteiger partial charge is 0.426 e. The van der Waals surface area contributed by atoms with E-state index in [2.05, 4.69) is 19.1 Å². The fourth-order valence-electron chi connectivity index (χ4n) is 3.53. The first-order valence-electron chi connectivity index (χ1n) is 10.4. The van der Waals surface area contributed by atoms with Crippen molar-refractivity contribution in [2.45, 2.75) is 39.2 Å². The van der Waals surface area contributed by atoms with Crippen LogP contribution in [0.1, 0.15) is 37.0 Å². The van der Waals surface area contributed by atoms with E-state index >= 15 is 4.39 Å². The number of rotatable bonds is 7. The molecule has 0 atom stereocenters. The molecule has 1 aromatic heterocycles. The van der Waals surface area contributed by atoms with Crippen LogP contribution in [0.15, 0.2) is 66.7 Å². The smallest absolute Gasteiger partial charge is 0.426 e. The summed E-state index contributed by atoms with van der Waals surface area (Å²) in [4.78, 5) is 0.885. The molecule has 0 radical (unpaired) electrons. The van der Waals surface area contributed by atoms with Crippen LogP contribution >= 0.6 is 11.3 Å². The Morgan fingerprint density at radius 3 is 2.19 bits per heavy atom. The molecule has 0 fully saturated rings. The fraction of sp³-hybridized carbons (Fsp3) is 0.231. The number of aryl methyl sites for hydroxylation is 2. The first-order chi connectivity index (χ1) is 14.9. The summed E-state index contributed by atoms with van der Waals surface area (Å²) in [6.45, 7) is 4.08. The Bertz CT molecular complexity index is 1180. The summed E-state index contributed by atoms with van der Waals surface area (Å²) in [6, 6.07) is 18.8. The zero-order valence-corrected chi connectivity index (χ0v) is 18.2. The number of hydrogen-bond acceptors (Lipinski definition) is 2. The van der Waals surface area contributed by atoms with Crippen LogP contribution in [0.5, 0.6) is 5.75 Å². The topological polar surface area (TPSA) is 9.23 Å². The molecular weight excluding hydrogens is 417 g/mol. The van der Waals surface area contributed by atoms with Crippen LogP contribution in [0.4, 0.5) is 13.2 Å². The van der Waals surface area contributed by atoms with Crippen LogP contribution in [-0.2, 0) is 19.0 Å². The number of hydrogen-bond donors (Lipinski definition) is 0. The van der Waals surface area contributed by atoms with Crippen molar-refractivity contribution in [2.75, 3.05) is 0 Å². The van der Waals surface area contributed by atoms with Crippen LogP contribution in [-0.4, -0.2) is 0 Å². The highest BCUT2D eigenvalue weighted by molar-refractivity contribution is 7.22. The van der Waals surface area contributed by atoms with Crippen LogP contribution in [0.3, 0.4) is 0 Å². The second-order valence-electron chi connectivity index (χ2n) is 7.52. The SMILES string of the molecule is CCCc1ccc(-c2cc3ccc(OC(F)(F)c4ccc(CC)cc4)c(F)c3s2)cc1. The van der Waals surface area contributed by atoms with E-state index in [9.17, 15) is 8.78 Å². The Hall–Kier alpha value is -2.79. The number of fused-ring (bicyclic) bond motifs is 1. The predicted octanol–water partition coefficient (Wildman–Crippen LogP) is 8.35. The van der Waals surface area contributed by atoms with Crippen LogP contribution in [0.2, 0.25) is 0 Å². The minimum atomic E-state index is -3.63. The summed E-state index contributed by atoms with van der Waals surface area (Å²) in [6.07, 6.45) is -0.795. The third-order valence-corrected chi connectivity index (χ3v) is 6.50. The molecule has 4 rings (SSSR count). The third-order valence-electron chi connectivity index (χ3n) is 5.30. The zero-order valence-electron chi connectivity index (χ0n) is 17.4. The Morgan fingerprint density at radius 2 is 1.55 bits per heavy atom. The van der Waals surface area contributed by atoms with Gasteiger partial charge in [-0.1, -0.05) is 56.7 Å². The highest BCUT2D eigenvalue weighted by Gasteiger charge is 2.35. The molecule has 5 heteroatoms. The van der Waals surface area contributed by atoms with E-state index in [0.29, 0.717) is 10.1 Å². The summed E-state index contributed by atoms with van der Waals surface area (Å²) in [5, 5.41) is 0.665. The van der Waals surface area contributed by atoms with Gasteiger partial charge in [0.15, 0.2) is 11.6 Å². The second-order valence-corrected chi connectivity index (χ2v) is 8.58. The van der Waals surface area contributed by atoms with Gasteiger partial charge in [-0.25, -0.2) is 4.39 Å². The monoisotopic (exact) mass is 440 g/mol. The van der Waals surface area contributed by atoms with Crippen molar-refractivity contribution in [3.05, 3.63) is 89.2 Å². The van der Waals surface area contributed by atoms with E-state index in [-0.39, 0.29) is 5.56 Å². The molecule has 0 saturated heterocycles. The molecule has 0 spiro atoms. The van der Waals surface area contributed by atoms with Crippen LogP contribution in [0, 0.1) is 5.82 Å². The molecule has 0 aliphatic rings. The van der Waals surface area contributed by atoms with Gasteiger partial charge in [0.2, 0.25) is 0 Å². The van der Waals surface area contributed by atoms with Gasteiger partial charge in [-0.15, -0.1) is 11.3 Å². The van der Waals surface area contributed by atoms with E-state index in [1.54, 1.807) is 18.2 Å². The van der Waals surface area contributed by atoms with Gasteiger partial charge in [0, 0.05) is 4.88 Å². The molecule has 0 amide bonds.